The second-order valence-electron chi connectivity index (χ2n) is 6.68. The molecular weight excluding hydrogens is 431 g/mol. The molecule has 3 aromatic rings. The van der Waals surface area contributed by atoms with Crippen LogP contribution in [0, 0.1) is 6.92 Å². The third-order valence-electron chi connectivity index (χ3n) is 4.59. The van der Waals surface area contributed by atoms with Gasteiger partial charge in [0, 0.05) is 17.0 Å². The molecule has 3 rings (SSSR count). The minimum Gasteiger partial charge on any atom is -0.506 e. The van der Waals surface area contributed by atoms with E-state index in [1.54, 1.807) is 42.5 Å². The monoisotopic (exact) mass is 448 g/mol. The Morgan fingerprint density at radius 2 is 1.62 bits per heavy atom. The maximum Gasteiger partial charge on any atom is 0.189 e. The number of sulfone groups is 1. The predicted molar refractivity (Wildman–Crippen MR) is 115 cm³/mol. The Labute approximate surface area is 179 Å². The van der Waals surface area contributed by atoms with Gasteiger partial charge in [-0.2, -0.15) is 0 Å². The molecule has 1 unspecified atom stereocenters. The number of halogens is 2. The van der Waals surface area contributed by atoms with Gasteiger partial charge >= 0.3 is 0 Å². The van der Waals surface area contributed by atoms with Crippen LogP contribution >= 0.6 is 23.2 Å². The van der Waals surface area contributed by atoms with Gasteiger partial charge in [-0.1, -0.05) is 71.2 Å². The first-order valence-corrected chi connectivity index (χ1v) is 11.1. The summed E-state index contributed by atoms with van der Waals surface area (Å²) in [5.41, 5.74) is 1.35. The van der Waals surface area contributed by atoms with Crippen LogP contribution in [0.25, 0.3) is 0 Å². The number of aryl methyl sites for hydroxylation is 1. The summed E-state index contributed by atoms with van der Waals surface area (Å²) in [6, 6.07) is 17.2. The summed E-state index contributed by atoms with van der Waals surface area (Å²) in [5.74, 6) is -0.859. The van der Waals surface area contributed by atoms with Gasteiger partial charge in [0.2, 0.25) is 0 Å². The molecule has 0 spiro atoms. The first-order chi connectivity index (χ1) is 13.7. The lowest BCUT2D eigenvalue weighted by Gasteiger charge is -2.18. The van der Waals surface area contributed by atoms with Crippen molar-refractivity contribution in [3.8, 4) is 5.75 Å². The van der Waals surface area contributed by atoms with Crippen molar-refractivity contribution in [2.45, 2.75) is 23.5 Å². The minimum absolute atomic E-state index is 0.00820. The van der Waals surface area contributed by atoms with E-state index < -0.39 is 20.9 Å². The number of aromatic hydroxyl groups is 1. The summed E-state index contributed by atoms with van der Waals surface area (Å²) in [4.78, 5) is 13.2. The molecule has 7 heteroatoms. The quantitative estimate of drug-likeness (QED) is 0.520. The number of phenols is 1. The Balaban J connectivity index is 2.12. The highest BCUT2D eigenvalue weighted by atomic mass is 35.5. The molecule has 0 radical (unpaired) electrons. The molecule has 1 N–H and O–H groups in total. The molecule has 0 aliphatic carbocycles. The number of carbonyl (C=O) groups is 1. The zero-order chi connectivity index (χ0) is 21.2. The van der Waals surface area contributed by atoms with Crippen molar-refractivity contribution in [1.82, 2.24) is 0 Å². The van der Waals surface area contributed by atoms with Crippen LogP contribution in [0.1, 0.15) is 21.5 Å². The fourth-order valence-corrected chi connectivity index (χ4v) is 5.19. The molecule has 0 saturated heterocycles. The third kappa shape index (κ3) is 4.64. The lowest BCUT2D eigenvalue weighted by Crippen LogP contribution is -2.33. The second-order valence-corrected chi connectivity index (χ2v) is 9.65. The molecule has 0 saturated carbocycles. The molecule has 3 aromatic carbocycles. The molecule has 0 fully saturated rings. The smallest absolute Gasteiger partial charge is 0.189 e. The zero-order valence-electron chi connectivity index (χ0n) is 15.5. The summed E-state index contributed by atoms with van der Waals surface area (Å²) < 4.78 is 26.8. The van der Waals surface area contributed by atoms with Crippen molar-refractivity contribution >= 4 is 38.8 Å². The molecule has 0 aromatic heterocycles. The van der Waals surface area contributed by atoms with E-state index in [0.29, 0.717) is 0 Å². The Bertz CT molecular complexity index is 1140. The van der Waals surface area contributed by atoms with Crippen LogP contribution in [0.2, 0.25) is 10.0 Å². The molecule has 0 aliphatic heterocycles. The van der Waals surface area contributed by atoms with E-state index in [1.807, 2.05) is 6.92 Å². The number of hydrogen-bond donors (Lipinski definition) is 1. The minimum atomic E-state index is -4.05. The van der Waals surface area contributed by atoms with Crippen LogP contribution in [0.5, 0.6) is 5.75 Å². The number of benzene rings is 3. The summed E-state index contributed by atoms with van der Waals surface area (Å²) in [5, 5.41) is 9.08. The van der Waals surface area contributed by atoms with E-state index in [2.05, 4.69) is 0 Å². The number of phenolic OH excluding ortho intramolecular Hbond substituents is 1. The number of Topliss-reactive ketones (excluding diaryl/α,β-unsaturated/α-hetero) is 1. The molecular formula is C22H18Cl2O4S. The maximum atomic E-state index is 13.4. The lowest BCUT2D eigenvalue weighted by molar-refractivity contribution is 0.0986. The summed E-state index contributed by atoms with van der Waals surface area (Å²) in [6.45, 7) is 1.84. The molecule has 0 aliphatic rings. The molecule has 150 valence electrons. The van der Waals surface area contributed by atoms with E-state index in [1.165, 1.54) is 24.3 Å². The van der Waals surface area contributed by atoms with Crippen molar-refractivity contribution in [2.24, 2.45) is 0 Å². The normalized spacial score (nSPS) is 12.5. The second kappa shape index (κ2) is 8.57. The van der Waals surface area contributed by atoms with Gasteiger partial charge in [0.25, 0.3) is 0 Å². The van der Waals surface area contributed by atoms with Gasteiger partial charge in [0.05, 0.1) is 9.92 Å². The molecule has 29 heavy (non-hydrogen) atoms. The van der Waals surface area contributed by atoms with Crippen molar-refractivity contribution < 1.29 is 18.3 Å². The maximum absolute atomic E-state index is 13.4. The summed E-state index contributed by atoms with van der Waals surface area (Å²) in [6.07, 6.45) is -0.268. The summed E-state index contributed by atoms with van der Waals surface area (Å²) in [7, 11) is -4.05. The van der Waals surface area contributed by atoms with Crippen LogP contribution in [0.3, 0.4) is 0 Å². The van der Waals surface area contributed by atoms with Crippen molar-refractivity contribution in [3.63, 3.8) is 0 Å². The molecule has 0 amide bonds. The molecule has 4 nitrogen and oxygen atoms in total. The zero-order valence-corrected chi connectivity index (χ0v) is 17.8. The SMILES string of the molecule is Cc1ccc(S(=O)(=O)C(Cc2cc(Cl)cc(Cl)c2O)C(=O)c2ccccc2)cc1. The lowest BCUT2D eigenvalue weighted by atomic mass is 10.0. The highest BCUT2D eigenvalue weighted by molar-refractivity contribution is 7.92. The van der Waals surface area contributed by atoms with E-state index in [9.17, 15) is 18.3 Å². The van der Waals surface area contributed by atoms with E-state index in [-0.39, 0.29) is 38.2 Å². The molecule has 0 heterocycles. The first kappa shape index (κ1) is 21.4. The number of ketones is 1. The Morgan fingerprint density at radius 1 is 1.00 bits per heavy atom. The van der Waals surface area contributed by atoms with Crippen molar-refractivity contribution in [1.29, 1.82) is 0 Å². The molecule has 0 bridgehead atoms. The van der Waals surface area contributed by atoms with Crippen molar-refractivity contribution in [2.75, 3.05) is 0 Å². The van der Waals surface area contributed by atoms with Gasteiger partial charge in [-0.05, 0) is 36.8 Å². The van der Waals surface area contributed by atoms with E-state index in [0.717, 1.165) is 5.56 Å². The Morgan fingerprint density at radius 3 is 2.24 bits per heavy atom. The molecule has 1 atom stereocenters. The van der Waals surface area contributed by atoms with Gasteiger partial charge in [-0.25, -0.2) is 8.42 Å². The van der Waals surface area contributed by atoms with Crippen LogP contribution in [-0.2, 0) is 16.3 Å². The fraction of sp³-hybridized carbons (Fsp3) is 0.136. The predicted octanol–water partition coefficient (Wildman–Crippen LogP) is 5.28. The van der Waals surface area contributed by atoms with E-state index >= 15 is 0 Å². The number of hydrogen-bond acceptors (Lipinski definition) is 4. The average molecular weight is 449 g/mol. The van der Waals surface area contributed by atoms with E-state index in [4.69, 9.17) is 23.2 Å². The van der Waals surface area contributed by atoms with Crippen LogP contribution < -0.4 is 0 Å². The van der Waals surface area contributed by atoms with Gasteiger partial charge in [-0.15, -0.1) is 0 Å². The highest BCUT2D eigenvalue weighted by Crippen LogP contribution is 2.34. The fourth-order valence-electron chi connectivity index (χ4n) is 3.00. The van der Waals surface area contributed by atoms with Crippen molar-refractivity contribution in [3.05, 3.63) is 93.5 Å². The highest BCUT2D eigenvalue weighted by Gasteiger charge is 2.35. The summed E-state index contributed by atoms with van der Waals surface area (Å²) >= 11 is 12.0. The average Bonchev–Trinajstić information content (AvgIpc) is 2.70. The van der Waals surface area contributed by atoms with Gasteiger partial charge in [-0.3, -0.25) is 4.79 Å². The van der Waals surface area contributed by atoms with Gasteiger partial charge in [0.1, 0.15) is 11.0 Å². The van der Waals surface area contributed by atoms with Gasteiger partial charge < -0.3 is 5.11 Å². The standard InChI is InChI=1S/C22H18Cl2O4S/c1-14-7-9-18(10-8-14)29(27,28)20(22(26)15-5-3-2-4-6-15)12-16-11-17(23)13-19(24)21(16)25/h2-11,13,20,25H,12H2,1H3. The number of carbonyl (C=O) groups excluding carboxylic acids is 1. The third-order valence-corrected chi connectivity index (χ3v) is 7.15. The number of rotatable bonds is 6. The topological polar surface area (TPSA) is 71.4 Å². The first-order valence-electron chi connectivity index (χ1n) is 8.77. The largest absolute Gasteiger partial charge is 0.506 e. The van der Waals surface area contributed by atoms with Crippen LogP contribution in [0.4, 0.5) is 0 Å². The van der Waals surface area contributed by atoms with Crippen LogP contribution in [0.15, 0.2) is 71.6 Å². The Hall–Kier alpha value is -2.34. The Kier molecular flexibility index (Phi) is 6.32. The van der Waals surface area contributed by atoms with Crippen LogP contribution in [-0.4, -0.2) is 24.6 Å². The van der Waals surface area contributed by atoms with Gasteiger partial charge in [0.15, 0.2) is 15.6 Å².